The van der Waals surface area contributed by atoms with Crippen molar-refractivity contribution in [2.45, 2.75) is 18.7 Å². The number of nitrogens with one attached hydrogen (secondary N) is 2. The molecule has 0 radical (unpaired) electrons. The van der Waals surface area contributed by atoms with Gasteiger partial charge in [-0.15, -0.1) is 0 Å². The van der Waals surface area contributed by atoms with Crippen LogP contribution in [0.4, 0.5) is 5.82 Å². The van der Waals surface area contributed by atoms with Crippen LogP contribution in [0.1, 0.15) is 12.5 Å². The lowest BCUT2D eigenvalue weighted by Gasteiger charge is -2.06. The minimum atomic E-state index is -3.61. The van der Waals surface area contributed by atoms with Gasteiger partial charge in [0.2, 0.25) is 10.0 Å². The lowest BCUT2D eigenvalue weighted by Crippen LogP contribution is -2.31. The number of nitrogens with zero attached hydrogens (tertiary/aromatic N) is 2. The molecule has 0 bridgehead atoms. The Bertz CT molecular complexity index is 472. The lowest BCUT2D eigenvalue weighted by atomic mass is 10.3. The van der Waals surface area contributed by atoms with Crippen LogP contribution in [0.3, 0.4) is 0 Å². The Balaban J connectivity index is 2.67. The summed E-state index contributed by atoms with van der Waals surface area (Å²) in [5.41, 5.74) is 6.01. The standard InChI is InChI=1S/C7H11N5O2S/c1-5(2-8)15(13,14)11-4-6-3-10-12-7(6)9/h3,5,11H,4H2,1H3,(H3,9,10,12). The zero-order valence-electron chi connectivity index (χ0n) is 8.06. The molecule has 0 aliphatic heterocycles. The van der Waals surface area contributed by atoms with Crippen molar-refractivity contribution in [2.75, 3.05) is 5.73 Å². The maximum atomic E-state index is 11.4. The summed E-state index contributed by atoms with van der Waals surface area (Å²) in [4.78, 5) is 0. The topological polar surface area (TPSA) is 125 Å². The van der Waals surface area contributed by atoms with Crippen LogP contribution in [0.5, 0.6) is 0 Å². The van der Waals surface area contributed by atoms with E-state index in [1.54, 1.807) is 6.07 Å². The quantitative estimate of drug-likeness (QED) is 0.631. The van der Waals surface area contributed by atoms with Crippen molar-refractivity contribution in [2.24, 2.45) is 0 Å². The molecule has 1 rings (SSSR count). The minimum Gasteiger partial charge on any atom is -0.384 e. The first kappa shape index (κ1) is 11.5. The first-order chi connectivity index (χ1) is 6.97. The Hall–Kier alpha value is -1.59. The molecule has 1 aromatic rings. The second kappa shape index (κ2) is 4.29. The molecule has 1 unspecified atom stereocenters. The van der Waals surface area contributed by atoms with E-state index in [2.05, 4.69) is 14.9 Å². The molecule has 0 fully saturated rings. The van der Waals surface area contributed by atoms with Gasteiger partial charge in [0.15, 0.2) is 5.25 Å². The highest BCUT2D eigenvalue weighted by Crippen LogP contribution is 2.06. The lowest BCUT2D eigenvalue weighted by molar-refractivity contribution is 0.577. The highest BCUT2D eigenvalue weighted by atomic mass is 32.2. The molecule has 4 N–H and O–H groups in total. The highest BCUT2D eigenvalue weighted by Gasteiger charge is 2.19. The minimum absolute atomic E-state index is 0.0245. The van der Waals surface area contributed by atoms with Gasteiger partial charge in [0, 0.05) is 12.1 Å². The van der Waals surface area contributed by atoms with E-state index < -0.39 is 15.3 Å². The predicted octanol–water partition coefficient (Wildman–Crippen LogP) is -0.677. The van der Waals surface area contributed by atoms with E-state index in [-0.39, 0.29) is 6.54 Å². The molecule has 7 nitrogen and oxygen atoms in total. The Morgan fingerprint density at radius 2 is 2.47 bits per heavy atom. The van der Waals surface area contributed by atoms with Gasteiger partial charge >= 0.3 is 0 Å². The Kier molecular flexibility index (Phi) is 3.28. The largest absolute Gasteiger partial charge is 0.384 e. The molecule has 0 aliphatic rings. The van der Waals surface area contributed by atoms with Crippen LogP contribution in [0, 0.1) is 11.3 Å². The zero-order valence-corrected chi connectivity index (χ0v) is 8.87. The van der Waals surface area contributed by atoms with Gasteiger partial charge in [-0.25, -0.2) is 13.1 Å². The van der Waals surface area contributed by atoms with Gasteiger partial charge in [-0.05, 0) is 6.92 Å². The van der Waals surface area contributed by atoms with E-state index >= 15 is 0 Å². The molecular formula is C7H11N5O2S. The normalized spacial score (nSPS) is 13.3. The second-order valence-corrected chi connectivity index (χ2v) is 5.03. The second-order valence-electron chi connectivity index (χ2n) is 2.95. The molecule has 0 saturated carbocycles. The molecular weight excluding hydrogens is 218 g/mol. The number of aromatic nitrogens is 2. The van der Waals surface area contributed by atoms with E-state index in [4.69, 9.17) is 11.0 Å². The van der Waals surface area contributed by atoms with Crippen molar-refractivity contribution >= 4 is 15.8 Å². The fraction of sp³-hybridized carbons (Fsp3) is 0.429. The van der Waals surface area contributed by atoms with Crippen molar-refractivity contribution in [3.05, 3.63) is 11.8 Å². The summed E-state index contributed by atoms with van der Waals surface area (Å²) < 4.78 is 25.0. The molecule has 0 aromatic carbocycles. The summed E-state index contributed by atoms with van der Waals surface area (Å²) in [5.74, 6) is 0.308. The average Bonchev–Trinajstić information content (AvgIpc) is 2.60. The first-order valence-electron chi connectivity index (χ1n) is 4.13. The number of hydrogen-bond donors (Lipinski definition) is 3. The smallest absolute Gasteiger partial charge is 0.227 e. The molecule has 1 aromatic heterocycles. The van der Waals surface area contributed by atoms with Crippen molar-refractivity contribution in [1.82, 2.24) is 14.9 Å². The number of sulfonamides is 1. The van der Waals surface area contributed by atoms with E-state index in [9.17, 15) is 8.42 Å². The van der Waals surface area contributed by atoms with Gasteiger partial charge in [-0.2, -0.15) is 10.4 Å². The van der Waals surface area contributed by atoms with Gasteiger partial charge in [-0.1, -0.05) is 0 Å². The molecule has 1 heterocycles. The number of aromatic amines is 1. The third kappa shape index (κ3) is 2.68. The van der Waals surface area contributed by atoms with Crippen LogP contribution >= 0.6 is 0 Å². The molecule has 82 valence electrons. The molecule has 0 aliphatic carbocycles. The monoisotopic (exact) mass is 229 g/mol. The Morgan fingerprint density at radius 3 is 2.93 bits per heavy atom. The van der Waals surface area contributed by atoms with Gasteiger partial charge < -0.3 is 5.73 Å². The number of anilines is 1. The van der Waals surface area contributed by atoms with E-state index in [1.807, 2.05) is 0 Å². The number of rotatable bonds is 4. The summed E-state index contributed by atoms with van der Waals surface area (Å²) in [6, 6.07) is 1.64. The number of nitriles is 1. The van der Waals surface area contributed by atoms with E-state index in [0.717, 1.165) is 0 Å². The van der Waals surface area contributed by atoms with Crippen LogP contribution in [0.15, 0.2) is 6.20 Å². The van der Waals surface area contributed by atoms with Crippen LogP contribution in [-0.4, -0.2) is 23.9 Å². The fourth-order valence-corrected chi connectivity index (χ4v) is 1.58. The van der Waals surface area contributed by atoms with Crippen molar-refractivity contribution in [3.8, 4) is 6.07 Å². The van der Waals surface area contributed by atoms with E-state index in [1.165, 1.54) is 13.1 Å². The Labute approximate surface area is 87.3 Å². The number of H-pyrrole nitrogens is 1. The van der Waals surface area contributed by atoms with Crippen molar-refractivity contribution in [1.29, 1.82) is 5.26 Å². The number of nitrogens with two attached hydrogens (primary N) is 1. The van der Waals surface area contributed by atoms with Gasteiger partial charge in [-0.3, -0.25) is 5.10 Å². The fourth-order valence-electron chi connectivity index (χ4n) is 0.835. The molecule has 0 saturated heterocycles. The zero-order chi connectivity index (χ0) is 11.5. The number of hydrogen-bond acceptors (Lipinski definition) is 5. The SMILES string of the molecule is CC(C#N)S(=O)(=O)NCc1cn[nH]c1N. The molecule has 1 atom stereocenters. The van der Waals surface area contributed by atoms with Gasteiger partial charge in [0.05, 0.1) is 12.3 Å². The summed E-state index contributed by atoms with van der Waals surface area (Å²) in [6.07, 6.45) is 1.43. The van der Waals surface area contributed by atoms with Crippen molar-refractivity contribution < 1.29 is 8.42 Å². The Morgan fingerprint density at radius 1 is 1.80 bits per heavy atom. The molecule has 8 heteroatoms. The van der Waals surface area contributed by atoms with Crippen LogP contribution < -0.4 is 10.5 Å². The van der Waals surface area contributed by atoms with Crippen LogP contribution in [-0.2, 0) is 16.6 Å². The average molecular weight is 229 g/mol. The summed E-state index contributed by atoms with van der Waals surface area (Å²) in [6.45, 7) is 1.33. The summed E-state index contributed by atoms with van der Waals surface area (Å²) in [7, 11) is -3.61. The molecule has 0 spiro atoms. The first-order valence-corrected chi connectivity index (χ1v) is 5.68. The van der Waals surface area contributed by atoms with Crippen LogP contribution in [0.2, 0.25) is 0 Å². The summed E-state index contributed by atoms with van der Waals surface area (Å²) >= 11 is 0. The van der Waals surface area contributed by atoms with Gasteiger partial charge in [0.25, 0.3) is 0 Å². The highest BCUT2D eigenvalue weighted by molar-refractivity contribution is 7.90. The molecule has 0 amide bonds. The maximum Gasteiger partial charge on any atom is 0.227 e. The predicted molar refractivity (Wildman–Crippen MR) is 53.8 cm³/mol. The third-order valence-corrected chi connectivity index (χ3v) is 3.45. The third-order valence-electron chi connectivity index (χ3n) is 1.86. The summed E-state index contributed by atoms with van der Waals surface area (Å²) in [5, 5.41) is 13.5. The maximum absolute atomic E-state index is 11.4. The van der Waals surface area contributed by atoms with E-state index in [0.29, 0.717) is 11.4 Å². The molecule has 15 heavy (non-hydrogen) atoms. The number of nitrogen functional groups attached to an aromatic ring is 1. The van der Waals surface area contributed by atoms with Gasteiger partial charge in [0.1, 0.15) is 5.82 Å². The van der Waals surface area contributed by atoms with Crippen molar-refractivity contribution in [3.63, 3.8) is 0 Å². The van der Waals surface area contributed by atoms with Crippen LogP contribution in [0.25, 0.3) is 0 Å².